The number of rotatable bonds is 5. The lowest BCUT2D eigenvalue weighted by Gasteiger charge is -2.25. The second kappa shape index (κ2) is 7.14. The third-order valence-electron chi connectivity index (χ3n) is 3.02. The lowest BCUT2D eigenvalue weighted by atomic mass is 10.1. The number of nitrogens with one attached hydrogen (secondary N) is 1. The molecule has 106 valence electrons. The van der Waals surface area contributed by atoms with E-state index in [4.69, 9.17) is 5.26 Å². The average Bonchev–Trinajstić information content (AvgIpc) is 2.44. The van der Waals surface area contributed by atoms with E-state index in [2.05, 4.69) is 5.32 Å². The number of hydrogen-bond donors (Lipinski definition) is 2. The quantitative estimate of drug-likeness (QED) is 0.856. The van der Waals surface area contributed by atoms with E-state index in [1.54, 1.807) is 37.3 Å². The smallest absolute Gasteiger partial charge is 0.330 e. The van der Waals surface area contributed by atoms with Crippen molar-refractivity contribution in [3.8, 4) is 6.07 Å². The number of carbonyl (C=O) groups excluding carboxylic acids is 1. The van der Waals surface area contributed by atoms with Gasteiger partial charge < -0.3 is 15.3 Å². The zero-order chi connectivity index (χ0) is 15.1. The van der Waals surface area contributed by atoms with Crippen molar-refractivity contribution in [1.29, 1.82) is 5.26 Å². The van der Waals surface area contributed by atoms with Crippen LogP contribution >= 0.6 is 0 Å². The van der Waals surface area contributed by atoms with Crippen molar-refractivity contribution in [1.82, 2.24) is 10.2 Å². The summed E-state index contributed by atoms with van der Waals surface area (Å²) in [4.78, 5) is 24.6. The van der Waals surface area contributed by atoms with Gasteiger partial charge in [-0.2, -0.15) is 5.26 Å². The Labute approximate surface area is 117 Å². The third-order valence-corrected chi connectivity index (χ3v) is 3.02. The van der Waals surface area contributed by atoms with Gasteiger partial charge >= 0.3 is 12.0 Å². The highest BCUT2D eigenvalue weighted by molar-refractivity contribution is 5.83. The van der Waals surface area contributed by atoms with E-state index < -0.39 is 18.0 Å². The number of amides is 2. The molecule has 6 heteroatoms. The SMILES string of the molecule is CC(CC#N)N(C)C(=O)N[C@@H](C(=O)O)c1ccccc1. The van der Waals surface area contributed by atoms with Crippen LogP contribution in [-0.4, -0.2) is 35.1 Å². The predicted octanol–water partition coefficient (Wildman–Crippen LogP) is 1.76. The van der Waals surface area contributed by atoms with Gasteiger partial charge in [-0.15, -0.1) is 0 Å². The van der Waals surface area contributed by atoms with Crippen molar-refractivity contribution >= 4 is 12.0 Å². The van der Waals surface area contributed by atoms with Crippen LogP contribution in [0.25, 0.3) is 0 Å². The highest BCUT2D eigenvalue weighted by atomic mass is 16.4. The first-order valence-corrected chi connectivity index (χ1v) is 6.15. The first-order valence-electron chi connectivity index (χ1n) is 6.15. The molecule has 0 bridgehead atoms. The van der Waals surface area contributed by atoms with Crippen LogP contribution < -0.4 is 5.32 Å². The normalized spacial score (nSPS) is 12.8. The van der Waals surface area contributed by atoms with E-state index in [-0.39, 0.29) is 12.5 Å². The first kappa shape index (κ1) is 15.5. The number of benzene rings is 1. The van der Waals surface area contributed by atoms with Crippen molar-refractivity contribution < 1.29 is 14.7 Å². The minimum Gasteiger partial charge on any atom is -0.479 e. The molecule has 2 amide bonds. The van der Waals surface area contributed by atoms with Crippen molar-refractivity contribution in [2.75, 3.05) is 7.05 Å². The van der Waals surface area contributed by atoms with Crippen LogP contribution in [0.5, 0.6) is 0 Å². The molecule has 20 heavy (non-hydrogen) atoms. The third kappa shape index (κ3) is 3.99. The Balaban J connectivity index is 2.80. The molecule has 2 atom stereocenters. The number of hydrogen-bond acceptors (Lipinski definition) is 3. The van der Waals surface area contributed by atoms with Crippen LogP contribution in [0, 0.1) is 11.3 Å². The van der Waals surface area contributed by atoms with Gasteiger partial charge in [-0.05, 0) is 12.5 Å². The van der Waals surface area contributed by atoms with Crippen LogP contribution in [0.2, 0.25) is 0 Å². The van der Waals surface area contributed by atoms with Crippen LogP contribution in [0.1, 0.15) is 24.9 Å². The minimum atomic E-state index is -1.13. The van der Waals surface area contributed by atoms with Gasteiger partial charge in [0.15, 0.2) is 6.04 Å². The van der Waals surface area contributed by atoms with Crippen molar-refractivity contribution in [3.63, 3.8) is 0 Å². The topological polar surface area (TPSA) is 93.4 Å². The van der Waals surface area contributed by atoms with Gasteiger partial charge in [0, 0.05) is 13.1 Å². The maximum absolute atomic E-state index is 12.0. The summed E-state index contributed by atoms with van der Waals surface area (Å²) in [5.41, 5.74) is 0.495. The summed E-state index contributed by atoms with van der Waals surface area (Å²) in [5, 5.41) is 20.3. The number of nitrogens with zero attached hydrogens (tertiary/aromatic N) is 2. The number of nitriles is 1. The molecule has 1 aromatic carbocycles. The Kier molecular flexibility index (Phi) is 5.54. The standard InChI is InChI=1S/C14H17N3O3/c1-10(8-9-15)17(2)14(20)16-12(13(18)19)11-6-4-3-5-7-11/h3-7,10,12H,8H2,1-2H3,(H,16,20)(H,18,19)/t10?,12-/m1/s1. The summed E-state index contributed by atoms with van der Waals surface area (Å²) in [6, 6.07) is 8.51. The van der Waals surface area contributed by atoms with E-state index in [1.165, 1.54) is 11.9 Å². The molecular weight excluding hydrogens is 258 g/mol. The molecule has 0 aromatic heterocycles. The number of carbonyl (C=O) groups is 2. The molecule has 0 radical (unpaired) electrons. The van der Waals surface area contributed by atoms with Gasteiger partial charge in [-0.1, -0.05) is 30.3 Å². The number of carboxylic acids is 1. The van der Waals surface area contributed by atoms with E-state index in [9.17, 15) is 14.7 Å². The van der Waals surface area contributed by atoms with Gasteiger partial charge in [0.2, 0.25) is 0 Å². The highest BCUT2D eigenvalue weighted by Crippen LogP contribution is 2.13. The number of carboxylic acid groups (broad SMARTS) is 1. The maximum atomic E-state index is 12.0. The summed E-state index contributed by atoms with van der Waals surface area (Å²) in [6.45, 7) is 1.72. The largest absolute Gasteiger partial charge is 0.479 e. The Hall–Kier alpha value is -2.55. The van der Waals surface area contributed by atoms with Crippen molar-refractivity contribution in [3.05, 3.63) is 35.9 Å². The lowest BCUT2D eigenvalue weighted by molar-refractivity contribution is -0.139. The summed E-state index contributed by atoms with van der Waals surface area (Å²) >= 11 is 0. The molecule has 0 saturated heterocycles. The zero-order valence-electron chi connectivity index (χ0n) is 11.4. The molecule has 1 aromatic rings. The summed E-state index contributed by atoms with van der Waals surface area (Å²) in [7, 11) is 1.53. The highest BCUT2D eigenvalue weighted by Gasteiger charge is 2.24. The molecule has 0 spiro atoms. The van der Waals surface area contributed by atoms with Crippen molar-refractivity contribution in [2.45, 2.75) is 25.4 Å². The fourth-order valence-corrected chi connectivity index (χ4v) is 1.63. The monoisotopic (exact) mass is 275 g/mol. The Morgan fingerprint density at radius 3 is 2.50 bits per heavy atom. The fraction of sp³-hybridized carbons (Fsp3) is 0.357. The second-order valence-electron chi connectivity index (χ2n) is 4.45. The maximum Gasteiger partial charge on any atom is 0.330 e. The summed E-state index contributed by atoms with van der Waals surface area (Å²) < 4.78 is 0. The molecule has 1 rings (SSSR count). The van der Waals surface area contributed by atoms with Crippen molar-refractivity contribution in [2.24, 2.45) is 0 Å². The zero-order valence-corrected chi connectivity index (χ0v) is 11.4. The number of urea groups is 1. The van der Waals surface area contributed by atoms with Crippen LogP contribution in [0.15, 0.2) is 30.3 Å². The van der Waals surface area contributed by atoms with Gasteiger partial charge in [-0.3, -0.25) is 0 Å². The van der Waals surface area contributed by atoms with Gasteiger partial charge in [0.1, 0.15) is 0 Å². The predicted molar refractivity (Wildman–Crippen MR) is 72.8 cm³/mol. The molecular formula is C14H17N3O3. The van der Waals surface area contributed by atoms with Gasteiger partial charge in [0.05, 0.1) is 12.5 Å². The molecule has 0 saturated carbocycles. The molecule has 1 unspecified atom stereocenters. The average molecular weight is 275 g/mol. The molecule has 0 fully saturated rings. The molecule has 0 aliphatic rings. The molecule has 0 heterocycles. The van der Waals surface area contributed by atoms with E-state index in [0.717, 1.165) is 0 Å². The Bertz CT molecular complexity index is 510. The Morgan fingerprint density at radius 2 is 2.00 bits per heavy atom. The number of aliphatic carboxylic acids is 1. The van der Waals surface area contributed by atoms with Crippen LogP contribution in [0.4, 0.5) is 4.79 Å². The fourth-order valence-electron chi connectivity index (χ4n) is 1.63. The van der Waals surface area contributed by atoms with Crippen LogP contribution in [0.3, 0.4) is 0 Å². The van der Waals surface area contributed by atoms with Crippen LogP contribution in [-0.2, 0) is 4.79 Å². The molecule has 0 aliphatic carbocycles. The lowest BCUT2D eigenvalue weighted by Crippen LogP contribution is -2.45. The molecule has 6 nitrogen and oxygen atoms in total. The minimum absolute atomic E-state index is 0.187. The van der Waals surface area contributed by atoms with Gasteiger partial charge in [0.25, 0.3) is 0 Å². The molecule has 0 aliphatic heterocycles. The summed E-state index contributed by atoms with van der Waals surface area (Å²) in [5.74, 6) is -1.13. The first-order chi connectivity index (χ1) is 9.47. The van der Waals surface area contributed by atoms with E-state index >= 15 is 0 Å². The second-order valence-corrected chi connectivity index (χ2v) is 4.45. The van der Waals surface area contributed by atoms with E-state index in [1.807, 2.05) is 6.07 Å². The van der Waals surface area contributed by atoms with Gasteiger partial charge in [-0.25, -0.2) is 9.59 Å². The summed E-state index contributed by atoms with van der Waals surface area (Å²) in [6.07, 6.45) is 0.187. The Morgan fingerprint density at radius 1 is 1.40 bits per heavy atom. The van der Waals surface area contributed by atoms with E-state index in [0.29, 0.717) is 5.56 Å². The molecule has 2 N–H and O–H groups in total.